The predicted octanol–water partition coefficient (Wildman–Crippen LogP) is 3.93. The minimum Gasteiger partial charge on any atom is -0.497 e. The summed E-state index contributed by atoms with van der Waals surface area (Å²) in [6, 6.07) is 10.1. The summed E-state index contributed by atoms with van der Waals surface area (Å²) < 4.78 is 32.0. The zero-order chi connectivity index (χ0) is 29.4. The van der Waals surface area contributed by atoms with Crippen molar-refractivity contribution < 1.29 is 27.7 Å². The molecule has 1 saturated carbocycles. The Kier molecular flexibility index (Phi) is 10.5. The average Bonchev–Trinajstić information content (AvgIpc) is 2.91. The molecule has 1 aliphatic rings. The van der Waals surface area contributed by atoms with Gasteiger partial charge in [0.1, 0.15) is 18.3 Å². The number of benzene rings is 2. The van der Waals surface area contributed by atoms with Crippen LogP contribution in [0.25, 0.3) is 0 Å². The number of carbonyl (C=O) groups excluding carboxylic acids is 2. The van der Waals surface area contributed by atoms with Crippen molar-refractivity contribution in [2.75, 3.05) is 24.2 Å². The van der Waals surface area contributed by atoms with E-state index in [4.69, 9.17) is 4.74 Å². The number of aryl methyl sites for hydroxylation is 1. The molecule has 2 aromatic carbocycles. The Morgan fingerprint density at radius 2 is 1.85 bits per heavy atom. The highest BCUT2D eigenvalue weighted by Gasteiger charge is 2.33. The quantitative estimate of drug-likeness (QED) is 0.299. The van der Waals surface area contributed by atoms with Crippen LogP contribution in [0.5, 0.6) is 5.75 Å². The average molecular weight is 575 g/mol. The number of hydrogen-bond donors (Lipinski definition) is 1. The normalized spacial score (nSPS) is 14.7. The second-order valence-electron chi connectivity index (χ2n) is 10.1. The van der Waals surface area contributed by atoms with Crippen molar-refractivity contribution >= 4 is 33.2 Å². The molecule has 1 N–H and O–H groups in total. The summed E-state index contributed by atoms with van der Waals surface area (Å²) in [6.07, 6.45) is 6.18. The van der Waals surface area contributed by atoms with E-state index in [1.165, 1.54) is 24.1 Å². The Morgan fingerprint density at radius 3 is 2.45 bits per heavy atom. The zero-order valence-electron chi connectivity index (χ0n) is 23.5. The molecule has 0 spiro atoms. The van der Waals surface area contributed by atoms with Crippen LogP contribution in [0.3, 0.4) is 0 Å². The molecule has 2 amide bonds. The van der Waals surface area contributed by atoms with E-state index in [1.54, 1.807) is 38.1 Å². The number of carbonyl (C=O) groups is 2. The van der Waals surface area contributed by atoms with Crippen molar-refractivity contribution in [3.63, 3.8) is 0 Å². The number of methoxy groups -OCH3 is 1. The highest BCUT2D eigenvalue weighted by atomic mass is 32.2. The third-order valence-corrected chi connectivity index (χ3v) is 8.30. The number of nitrogens with zero attached hydrogens (tertiary/aromatic N) is 3. The lowest BCUT2D eigenvalue weighted by atomic mass is 9.95. The number of amides is 2. The molecule has 0 aromatic heterocycles. The molecule has 0 aliphatic heterocycles. The minimum absolute atomic E-state index is 0.0316. The van der Waals surface area contributed by atoms with Gasteiger partial charge in [-0.3, -0.25) is 24.0 Å². The van der Waals surface area contributed by atoms with E-state index in [-0.39, 0.29) is 29.9 Å². The van der Waals surface area contributed by atoms with Gasteiger partial charge in [0.05, 0.1) is 24.0 Å². The topological polar surface area (TPSA) is 139 Å². The lowest BCUT2D eigenvalue weighted by molar-refractivity contribution is -0.384. The van der Waals surface area contributed by atoms with Crippen molar-refractivity contribution in [1.29, 1.82) is 0 Å². The van der Waals surface area contributed by atoms with Gasteiger partial charge in [0.25, 0.3) is 5.69 Å². The summed E-state index contributed by atoms with van der Waals surface area (Å²) in [5.41, 5.74) is 0.888. The predicted molar refractivity (Wildman–Crippen MR) is 153 cm³/mol. The third-order valence-electron chi connectivity index (χ3n) is 7.18. The maximum Gasteiger partial charge on any atom is 0.271 e. The fourth-order valence-electron chi connectivity index (χ4n) is 5.01. The molecule has 0 heterocycles. The van der Waals surface area contributed by atoms with Crippen molar-refractivity contribution in [3.05, 3.63) is 63.7 Å². The zero-order valence-corrected chi connectivity index (χ0v) is 24.3. The maximum absolute atomic E-state index is 13.9. The van der Waals surface area contributed by atoms with Gasteiger partial charge in [0, 0.05) is 24.7 Å². The van der Waals surface area contributed by atoms with Gasteiger partial charge < -0.3 is 15.0 Å². The van der Waals surface area contributed by atoms with Crippen LogP contribution in [0.4, 0.5) is 11.4 Å². The lowest BCUT2D eigenvalue weighted by Crippen LogP contribution is -2.54. The van der Waals surface area contributed by atoms with Gasteiger partial charge in [-0.25, -0.2) is 8.42 Å². The largest absolute Gasteiger partial charge is 0.497 e. The second kappa shape index (κ2) is 13.6. The van der Waals surface area contributed by atoms with Crippen LogP contribution >= 0.6 is 0 Å². The van der Waals surface area contributed by atoms with Crippen LogP contribution in [0, 0.1) is 17.0 Å². The SMILES string of the molecule is CC[C@@H](C(=O)NC1CCCCC1)N(Cc1cccc(OC)c1)C(=O)CN(c1cc([N+](=O)[O-])ccc1C)S(C)(=O)=O. The first-order valence-electron chi connectivity index (χ1n) is 13.4. The van der Waals surface area contributed by atoms with Gasteiger partial charge in [0.15, 0.2) is 0 Å². The van der Waals surface area contributed by atoms with Crippen LogP contribution < -0.4 is 14.4 Å². The summed E-state index contributed by atoms with van der Waals surface area (Å²) in [6.45, 7) is 2.83. The lowest BCUT2D eigenvalue weighted by Gasteiger charge is -2.34. The fraction of sp³-hybridized carbons (Fsp3) is 0.500. The minimum atomic E-state index is -4.03. The Balaban J connectivity index is 1.99. The van der Waals surface area contributed by atoms with Crippen molar-refractivity contribution in [1.82, 2.24) is 10.2 Å². The summed E-state index contributed by atoms with van der Waals surface area (Å²) in [7, 11) is -2.50. The number of rotatable bonds is 12. The van der Waals surface area contributed by atoms with Crippen molar-refractivity contribution in [2.45, 2.75) is 71.0 Å². The van der Waals surface area contributed by atoms with E-state index in [0.717, 1.165) is 48.7 Å². The van der Waals surface area contributed by atoms with Crippen LogP contribution in [-0.2, 0) is 26.2 Å². The van der Waals surface area contributed by atoms with Crippen LogP contribution in [-0.4, -0.2) is 62.0 Å². The van der Waals surface area contributed by atoms with E-state index in [9.17, 15) is 28.1 Å². The number of non-ortho nitro benzene ring substituents is 1. The van der Waals surface area contributed by atoms with E-state index in [2.05, 4.69) is 5.32 Å². The molecular weight excluding hydrogens is 536 g/mol. The van der Waals surface area contributed by atoms with Gasteiger partial charge in [-0.2, -0.15) is 0 Å². The molecule has 1 atom stereocenters. The molecule has 0 saturated heterocycles. The number of hydrogen-bond acceptors (Lipinski definition) is 7. The van der Waals surface area contributed by atoms with Gasteiger partial charge in [0.2, 0.25) is 21.8 Å². The number of anilines is 1. The van der Waals surface area contributed by atoms with Crippen LogP contribution in [0.1, 0.15) is 56.6 Å². The Morgan fingerprint density at radius 1 is 1.15 bits per heavy atom. The van der Waals surface area contributed by atoms with Crippen LogP contribution in [0.2, 0.25) is 0 Å². The number of sulfonamides is 1. The highest BCUT2D eigenvalue weighted by molar-refractivity contribution is 7.92. The van der Waals surface area contributed by atoms with E-state index < -0.39 is 33.4 Å². The summed E-state index contributed by atoms with van der Waals surface area (Å²) in [5.74, 6) is -0.317. The van der Waals surface area contributed by atoms with E-state index >= 15 is 0 Å². The molecule has 1 aliphatic carbocycles. The first-order chi connectivity index (χ1) is 18.9. The molecule has 0 bridgehead atoms. The Labute approximate surface area is 235 Å². The Bertz CT molecular complexity index is 1330. The second-order valence-corrected chi connectivity index (χ2v) is 12.0. The molecule has 40 heavy (non-hydrogen) atoms. The van der Waals surface area contributed by atoms with Crippen molar-refractivity contribution in [3.8, 4) is 5.75 Å². The molecule has 0 unspecified atom stereocenters. The first-order valence-corrected chi connectivity index (χ1v) is 15.2. The molecule has 1 fully saturated rings. The number of ether oxygens (including phenoxy) is 1. The third kappa shape index (κ3) is 7.93. The fourth-order valence-corrected chi connectivity index (χ4v) is 5.91. The monoisotopic (exact) mass is 574 g/mol. The number of nitrogens with one attached hydrogen (secondary N) is 1. The summed E-state index contributed by atoms with van der Waals surface area (Å²) >= 11 is 0. The van der Waals surface area contributed by atoms with Gasteiger partial charge in [-0.15, -0.1) is 0 Å². The van der Waals surface area contributed by atoms with E-state index in [1.807, 2.05) is 0 Å². The van der Waals surface area contributed by atoms with Crippen molar-refractivity contribution in [2.24, 2.45) is 0 Å². The molecular formula is C28H38N4O7S. The molecule has 11 nitrogen and oxygen atoms in total. The molecule has 0 radical (unpaired) electrons. The maximum atomic E-state index is 13.9. The van der Waals surface area contributed by atoms with Gasteiger partial charge in [-0.1, -0.05) is 44.4 Å². The standard InChI is InChI=1S/C28H38N4O7S/c1-5-25(28(34)29-22-11-7-6-8-12-22)30(18-21-10-9-13-24(16-21)39-3)27(33)19-31(40(4,37)38)26-17-23(32(35)36)15-14-20(26)2/h9-10,13-17,22,25H,5-8,11-12,18-19H2,1-4H3,(H,29,34)/t25-/m0/s1. The summed E-state index contributed by atoms with van der Waals surface area (Å²) in [4.78, 5) is 39.6. The molecule has 2 aromatic rings. The molecule has 12 heteroatoms. The number of nitro benzene ring substituents is 1. The first kappa shape index (κ1) is 30.9. The van der Waals surface area contributed by atoms with Gasteiger partial charge in [-0.05, 0) is 49.4 Å². The molecule has 218 valence electrons. The summed E-state index contributed by atoms with van der Waals surface area (Å²) in [5, 5.41) is 14.5. The van der Waals surface area contributed by atoms with Crippen LogP contribution in [0.15, 0.2) is 42.5 Å². The number of nitro groups is 1. The van der Waals surface area contributed by atoms with Gasteiger partial charge >= 0.3 is 0 Å². The Hall–Kier alpha value is -3.67. The molecule has 3 rings (SSSR count). The van der Waals surface area contributed by atoms with E-state index in [0.29, 0.717) is 23.3 Å². The smallest absolute Gasteiger partial charge is 0.271 e. The highest BCUT2D eigenvalue weighted by Crippen LogP contribution is 2.28.